The molecule has 0 saturated carbocycles. The molecule has 0 aromatic rings. The minimum atomic E-state index is -0.844. The largest absolute Gasteiger partial charge is 0.509 e. The first kappa shape index (κ1) is 9.24. The molecule has 0 aliphatic heterocycles. The van der Waals surface area contributed by atoms with Gasteiger partial charge in [0, 0.05) is 11.5 Å². The highest BCUT2D eigenvalue weighted by Gasteiger charge is 2.32. The maximum atomic E-state index is 9.34. The van der Waals surface area contributed by atoms with Gasteiger partial charge < -0.3 is 5.11 Å². The van der Waals surface area contributed by atoms with Crippen LogP contribution in [0.1, 0.15) is 13.3 Å². The zero-order chi connectivity index (χ0) is 8.65. The van der Waals surface area contributed by atoms with Gasteiger partial charge in [0.15, 0.2) is 0 Å². The van der Waals surface area contributed by atoms with E-state index in [1.54, 1.807) is 6.92 Å². The van der Waals surface area contributed by atoms with Crippen molar-refractivity contribution in [2.45, 2.75) is 18.2 Å². The van der Waals surface area contributed by atoms with Crippen molar-refractivity contribution in [3.8, 4) is 0 Å². The van der Waals surface area contributed by atoms with Gasteiger partial charge in [-0.1, -0.05) is 23.2 Å². The van der Waals surface area contributed by atoms with Gasteiger partial charge in [-0.2, -0.15) is 0 Å². The molecule has 1 aliphatic rings. The van der Waals surface area contributed by atoms with Gasteiger partial charge in [-0.3, -0.25) is 0 Å². The number of aliphatic hydroxyl groups is 1. The topological polar surface area (TPSA) is 20.2 Å². The second-order valence-corrected chi connectivity index (χ2v) is 4.39. The van der Waals surface area contributed by atoms with Crippen LogP contribution in [0.25, 0.3) is 0 Å². The molecule has 11 heavy (non-hydrogen) atoms. The van der Waals surface area contributed by atoms with E-state index < -0.39 is 4.87 Å². The second kappa shape index (κ2) is 2.89. The number of rotatable bonds is 0. The number of hydrogen-bond acceptors (Lipinski definition) is 1. The summed E-state index contributed by atoms with van der Waals surface area (Å²) >= 11 is 17.2. The highest BCUT2D eigenvalue weighted by molar-refractivity contribution is 6.37. The summed E-state index contributed by atoms with van der Waals surface area (Å²) in [6, 6.07) is 0. The van der Waals surface area contributed by atoms with Crippen molar-refractivity contribution in [2.75, 3.05) is 0 Å². The maximum Gasteiger partial charge on any atom is 0.132 e. The van der Waals surface area contributed by atoms with Crippen molar-refractivity contribution in [3.63, 3.8) is 0 Å². The molecule has 62 valence electrons. The lowest BCUT2D eigenvalue weighted by atomic mass is 10.00. The average Bonchev–Trinajstić information content (AvgIpc) is 1.81. The smallest absolute Gasteiger partial charge is 0.132 e. The highest BCUT2D eigenvalue weighted by atomic mass is 35.5. The van der Waals surface area contributed by atoms with Gasteiger partial charge in [0.05, 0.1) is 5.03 Å². The molecule has 1 atom stereocenters. The third-order valence-corrected chi connectivity index (χ3v) is 2.35. The quantitative estimate of drug-likeness (QED) is 0.611. The zero-order valence-electron chi connectivity index (χ0n) is 5.87. The molecule has 0 heterocycles. The molecule has 1 nitrogen and oxygen atoms in total. The first-order chi connectivity index (χ1) is 4.93. The Bertz CT molecular complexity index is 240. The van der Waals surface area contributed by atoms with E-state index in [0.29, 0.717) is 11.5 Å². The summed E-state index contributed by atoms with van der Waals surface area (Å²) in [5, 5.41) is 10.1. The Morgan fingerprint density at radius 3 is 2.55 bits per heavy atom. The molecule has 0 saturated heterocycles. The highest BCUT2D eigenvalue weighted by Crippen LogP contribution is 2.39. The molecule has 0 aromatic carbocycles. The van der Waals surface area contributed by atoms with E-state index in [4.69, 9.17) is 34.8 Å². The molecule has 0 bridgehead atoms. The van der Waals surface area contributed by atoms with Crippen LogP contribution in [0.3, 0.4) is 0 Å². The van der Waals surface area contributed by atoms with Crippen LogP contribution in [-0.2, 0) is 0 Å². The van der Waals surface area contributed by atoms with Gasteiger partial charge in [0.2, 0.25) is 0 Å². The molecule has 1 rings (SSSR count). The summed E-state index contributed by atoms with van der Waals surface area (Å²) in [5.41, 5.74) is 0. The van der Waals surface area contributed by atoms with E-state index in [2.05, 4.69) is 0 Å². The van der Waals surface area contributed by atoms with E-state index in [9.17, 15) is 5.11 Å². The molecule has 0 spiro atoms. The standard InChI is InChI=1S/C7H7Cl3O/c1-7(10)3-4(8)2-5(9)6(7)11/h2,11H,3H2,1H3. The van der Waals surface area contributed by atoms with Crippen molar-refractivity contribution in [2.24, 2.45) is 0 Å². The number of allylic oxidation sites excluding steroid dienone is 4. The monoisotopic (exact) mass is 212 g/mol. The van der Waals surface area contributed by atoms with Crippen molar-refractivity contribution >= 4 is 34.8 Å². The minimum absolute atomic E-state index is 0.00904. The molecule has 0 fully saturated rings. The van der Waals surface area contributed by atoms with E-state index in [1.807, 2.05) is 0 Å². The second-order valence-electron chi connectivity index (χ2n) is 2.66. The van der Waals surface area contributed by atoms with Gasteiger partial charge >= 0.3 is 0 Å². The zero-order valence-corrected chi connectivity index (χ0v) is 8.13. The van der Waals surface area contributed by atoms with Crippen molar-refractivity contribution in [3.05, 3.63) is 21.9 Å². The first-order valence-corrected chi connectivity index (χ1v) is 4.21. The predicted molar refractivity (Wildman–Crippen MR) is 48.3 cm³/mol. The van der Waals surface area contributed by atoms with E-state index in [0.717, 1.165) is 0 Å². The van der Waals surface area contributed by atoms with Crippen LogP contribution in [0.5, 0.6) is 0 Å². The number of aliphatic hydroxyl groups excluding tert-OH is 1. The van der Waals surface area contributed by atoms with Crippen LogP contribution in [0.4, 0.5) is 0 Å². The van der Waals surface area contributed by atoms with Crippen LogP contribution < -0.4 is 0 Å². The third kappa shape index (κ3) is 1.84. The predicted octanol–water partition coefficient (Wildman–Crippen LogP) is 3.52. The molecule has 1 N–H and O–H groups in total. The number of halogens is 3. The molecule has 0 amide bonds. The molecule has 1 aliphatic carbocycles. The lowest BCUT2D eigenvalue weighted by molar-refractivity contribution is 0.350. The fourth-order valence-corrected chi connectivity index (χ4v) is 2.04. The van der Waals surface area contributed by atoms with Gasteiger partial charge in [-0.05, 0) is 13.0 Å². The Labute approximate surface area is 80.2 Å². The van der Waals surface area contributed by atoms with Crippen LogP contribution in [-0.4, -0.2) is 9.98 Å². The average molecular weight is 213 g/mol. The van der Waals surface area contributed by atoms with Gasteiger partial charge in [-0.25, -0.2) is 0 Å². The Morgan fingerprint density at radius 1 is 1.55 bits per heavy atom. The van der Waals surface area contributed by atoms with E-state index in [1.165, 1.54) is 6.08 Å². The summed E-state index contributed by atoms with van der Waals surface area (Å²) in [6.07, 6.45) is 1.92. The van der Waals surface area contributed by atoms with Crippen LogP contribution in [0.2, 0.25) is 0 Å². The van der Waals surface area contributed by atoms with Crippen molar-refractivity contribution < 1.29 is 5.11 Å². The van der Waals surface area contributed by atoms with Crippen LogP contribution >= 0.6 is 34.8 Å². The normalized spacial score (nSPS) is 32.2. The Hall–Kier alpha value is 0.150. The van der Waals surface area contributed by atoms with E-state index in [-0.39, 0.29) is 10.8 Å². The molecular weight excluding hydrogens is 206 g/mol. The van der Waals surface area contributed by atoms with Gasteiger partial charge in [0.25, 0.3) is 0 Å². The van der Waals surface area contributed by atoms with E-state index >= 15 is 0 Å². The van der Waals surface area contributed by atoms with Gasteiger partial charge in [-0.15, -0.1) is 11.6 Å². The van der Waals surface area contributed by atoms with Crippen LogP contribution in [0, 0.1) is 0 Å². The van der Waals surface area contributed by atoms with Gasteiger partial charge in [0.1, 0.15) is 10.6 Å². The summed E-state index contributed by atoms with van der Waals surface area (Å²) in [7, 11) is 0. The lowest BCUT2D eigenvalue weighted by Gasteiger charge is -2.24. The Balaban J connectivity index is 3.07. The maximum absolute atomic E-state index is 9.34. The van der Waals surface area contributed by atoms with Crippen molar-refractivity contribution in [1.82, 2.24) is 0 Å². The molecule has 0 aromatic heterocycles. The summed E-state index contributed by atoms with van der Waals surface area (Å²) in [5.74, 6) is -0.00904. The number of hydrogen-bond donors (Lipinski definition) is 1. The Kier molecular flexibility index (Phi) is 2.43. The summed E-state index contributed by atoms with van der Waals surface area (Å²) < 4.78 is 0. The fourth-order valence-electron chi connectivity index (χ4n) is 0.907. The molecule has 0 radical (unpaired) electrons. The third-order valence-electron chi connectivity index (χ3n) is 1.50. The molecule has 1 unspecified atom stereocenters. The molecule has 4 heteroatoms. The lowest BCUT2D eigenvalue weighted by Crippen LogP contribution is -2.22. The fraction of sp³-hybridized carbons (Fsp3) is 0.429. The first-order valence-electron chi connectivity index (χ1n) is 3.08. The Morgan fingerprint density at radius 2 is 2.09 bits per heavy atom. The molecular formula is C7H7Cl3O. The summed E-state index contributed by atoms with van der Waals surface area (Å²) in [4.78, 5) is -0.844. The number of alkyl halides is 1. The SMILES string of the molecule is CC1(Cl)CC(Cl)=CC(Cl)=C1O. The minimum Gasteiger partial charge on any atom is -0.509 e. The van der Waals surface area contributed by atoms with Crippen molar-refractivity contribution in [1.29, 1.82) is 0 Å². The summed E-state index contributed by atoms with van der Waals surface area (Å²) in [6.45, 7) is 1.67. The van der Waals surface area contributed by atoms with Crippen LogP contribution in [0.15, 0.2) is 21.9 Å².